The van der Waals surface area contributed by atoms with Crippen molar-refractivity contribution in [1.29, 1.82) is 0 Å². The van der Waals surface area contributed by atoms with E-state index in [0.717, 1.165) is 31.5 Å². The van der Waals surface area contributed by atoms with Crippen molar-refractivity contribution in [2.24, 2.45) is 10.9 Å². The van der Waals surface area contributed by atoms with E-state index in [2.05, 4.69) is 44.3 Å². The molecule has 2 atom stereocenters. The fraction of sp³-hybridized carbons (Fsp3) is 0.667. The van der Waals surface area contributed by atoms with Crippen molar-refractivity contribution in [3.63, 3.8) is 0 Å². The first kappa shape index (κ1) is 18.4. The van der Waals surface area contributed by atoms with Crippen LogP contribution in [0, 0.1) is 5.92 Å². The van der Waals surface area contributed by atoms with Crippen LogP contribution >= 0.6 is 0 Å². The third-order valence-corrected chi connectivity index (χ3v) is 4.84. The Balaban J connectivity index is 1.41. The van der Waals surface area contributed by atoms with Gasteiger partial charge in [0.15, 0.2) is 5.96 Å². The minimum Gasteiger partial charge on any atom is -0.357 e. The highest BCUT2D eigenvalue weighted by molar-refractivity contribution is 5.81. The first-order valence-corrected chi connectivity index (χ1v) is 9.52. The van der Waals surface area contributed by atoms with Gasteiger partial charge in [0, 0.05) is 57.6 Å². The number of anilines is 1. The lowest BCUT2D eigenvalue weighted by atomic mass is 10.3. The number of carbonyl (C=O) groups excluding carboxylic acids is 1. The Morgan fingerprint density at radius 1 is 1.27 bits per heavy atom. The molecule has 8 heteroatoms. The van der Waals surface area contributed by atoms with Crippen molar-refractivity contribution in [2.45, 2.75) is 32.7 Å². The molecule has 0 spiro atoms. The van der Waals surface area contributed by atoms with Gasteiger partial charge in [0.2, 0.25) is 11.9 Å². The van der Waals surface area contributed by atoms with Crippen LogP contribution in [0.4, 0.5) is 5.95 Å². The van der Waals surface area contributed by atoms with Crippen molar-refractivity contribution < 1.29 is 4.79 Å². The minimum atomic E-state index is 0.165. The van der Waals surface area contributed by atoms with Crippen molar-refractivity contribution in [3.05, 3.63) is 18.5 Å². The summed E-state index contributed by atoms with van der Waals surface area (Å²) in [5.74, 6) is 2.43. The number of guanidine groups is 1. The lowest BCUT2D eigenvalue weighted by Crippen LogP contribution is -2.49. The molecule has 1 aliphatic carbocycles. The van der Waals surface area contributed by atoms with Gasteiger partial charge < -0.3 is 20.4 Å². The molecule has 1 saturated carbocycles. The summed E-state index contributed by atoms with van der Waals surface area (Å²) < 4.78 is 0. The molecule has 1 amide bonds. The normalized spacial score (nSPS) is 22.9. The zero-order valence-corrected chi connectivity index (χ0v) is 15.7. The molecule has 8 nitrogen and oxygen atoms in total. The number of hydrogen-bond donors (Lipinski definition) is 2. The molecule has 3 rings (SSSR count). The fourth-order valence-corrected chi connectivity index (χ4v) is 3.05. The second kappa shape index (κ2) is 8.82. The molecule has 0 aromatic carbocycles. The van der Waals surface area contributed by atoms with E-state index in [1.165, 1.54) is 6.42 Å². The van der Waals surface area contributed by atoms with E-state index < -0.39 is 0 Å². The molecule has 2 N–H and O–H groups in total. The van der Waals surface area contributed by atoms with E-state index in [1.807, 2.05) is 11.0 Å². The molecular weight excluding hydrogens is 330 g/mol. The van der Waals surface area contributed by atoms with Crippen molar-refractivity contribution >= 4 is 17.8 Å². The predicted molar refractivity (Wildman–Crippen MR) is 102 cm³/mol. The van der Waals surface area contributed by atoms with Gasteiger partial charge in [0.05, 0.1) is 6.54 Å². The number of amides is 1. The Hall–Kier alpha value is -2.38. The quantitative estimate of drug-likeness (QED) is 0.568. The molecular formula is C18H29N7O. The molecule has 1 aromatic heterocycles. The number of hydrogen-bond acceptors (Lipinski definition) is 5. The summed E-state index contributed by atoms with van der Waals surface area (Å²) in [6.07, 6.45) is 5.13. The number of piperazine rings is 1. The Kier molecular flexibility index (Phi) is 6.25. The summed E-state index contributed by atoms with van der Waals surface area (Å²) in [4.78, 5) is 29.6. The molecule has 2 unspecified atom stereocenters. The van der Waals surface area contributed by atoms with Gasteiger partial charge in [-0.3, -0.25) is 9.79 Å². The SMILES string of the molecule is CCNC(=NCCC(=O)N1CCN(c2ncccn2)CC1)NC1CC1C. The van der Waals surface area contributed by atoms with Gasteiger partial charge >= 0.3 is 0 Å². The third kappa shape index (κ3) is 5.06. The average Bonchev–Trinajstić information content (AvgIpc) is 3.37. The van der Waals surface area contributed by atoms with Crippen LogP contribution in [0.1, 0.15) is 26.7 Å². The highest BCUT2D eigenvalue weighted by Gasteiger charge is 2.33. The average molecular weight is 359 g/mol. The standard InChI is InChI=1S/C18H29N7O/c1-3-19-17(23-15-13-14(15)2)20-8-5-16(26)24-9-11-25(12-10-24)18-21-6-4-7-22-18/h4,6-7,14-15H,3,5,8-13H2,1-2H3,(H2,19,20,23). The van der Waals surface area contributed by atoms with E-state index >= 15 is 0 Å². The molecule has 26 heavy (non-hydrogen) atoms. The number of aromatic nitrogens is 2. The van der Waals surface area contributed by atoms with Crippen molar-refractivity contribution in [2.75, 3.05) is 44.2 Å². The lowest BCUT2D eigenvalue weighted by Gasteiger charge is -2.34. The van der Waals surface area contributed by atoms with E-state index in [9.17, 15) is 4.79 Å². The molecule has 2 aliphatic rings. The van der Waals surface area contributed by atoms with E-state index in [4.69, 9.17) is 0 Å². The fourth-order valence-electron chi connectivity index (χ4n) is 3.05. The first-order valence-electron chi connectivity index (χ1n) is 9.52. The van der Waals surface area contributed by atoms with Crippen LogP contribution < -0.4 is 15.5 Å². The zero-order valence-electron chi connectivity index (χ0n) is 15.7. The Morgan fingerprint density at radius 3 is 2.58 bits per heavy atom. The monoisotopic (exact) mass is 359 g/mol. The maximum absolute atomic E-state index is 12.4. The number of nitrogens with one attached hydrogen (secondary N) is 2. The highest BCUT2D eigenvalue weighted by atomic mass is 16.2. The summed E-state index contributed by atoms with van der Waals surface area (Å²) in [7, 11) is 0. The van der Waals surface area contributed by atoms with Gasteiger partial charge in [0.25, 0.3) is 0 Å². The molecule has 142 valence electrons. The predicted octanol–water partition coefficient (Wildman–Crippen LogP) is 0.479. The largest absolute Gasteiger partial charge is 0.357 e. The molecule has 1 aliphatic heterocycles. The van der Waals surface area contributed by atoms with Crippen molar-refractivity contribution in [1.82, 2.24) is 25.5 Å². The number of rotatable bonds is 6. The molecule has 1 aromatic rings. The molecule has 2 heterocycles. The van der Waals surface area contributed by atoms with Gasteiger partial charge in [-0.25, -0.2) is 9.97 Å². The smallest absolute Gasteiger partial charge is 0.225 e. The summed E-state index contributed by atoms with van der Waals surface area (Å²) in [6, 6.07) is 2.33. The number of aliphatic imine (C=N–C) groups is 1. The molecule has 0 bridgehead atoms. The van der Waals surface area contributed by atoms with Gasteiger partial charge in [-0.15, -0.1) is 0 Å². The van der Waals surface area contributed by atoms with Crippen LogP contribution in [-0.4, -0.2) is 72.0 Å². The van der Waals surface area contributed by atoms with Gasteiger partial charge in [0.1, 0.15) is 0 Å². The van der Waals surface area contributed by atoms with E-state index in [1.54, 1.807) is 12.4 Å². The van der Waals surface area contributed by atoms with E-state index in [-0.39, 0.29) is 5.91 Å². The molecule has 1 saturated heterocycles. The summed E-state index contributed by atoms with van der Waals surface area (Å²) in [6.45, 7) is 8.56. The van der Waals surface area contributed by atoms with Crippen LogP contribution in [0.15, 0.2) is 23.5 Å². The molecule has 0 radical (unpaired) electrons. The number of nitrogens with zero attached hydrogens (tertiary/aromatic N) is 5. The zero-order chi connectivity index (χ0) is 18.4. The maximum atomic E-state index is 12.4. The van der Waals surface area contributed by atoms with E-state index in [0.29, 0.717) is 38.0 Å². The van der Waals surface area contributed by atoms with Crippen LogP contribution in [-0.2, 0) is 4.79 Å². The highest BCUT2D eigenvalue weighted by Crippen LogP contribution is 2.28. The van der Waals surface area contributed by atoms with Crippen LogP contribution in [0.25, 0.3) is 0 Å². The van der Waals surface area contributed by atoms with Crippen LogP contribution in [0.5, 0.6) is 0 Å². The second-order valence-electron chi connectivity index (χ2n) is 6.89. The van der Waals surface area contributed by atoms with Crippen LogP contribution in [0.2, 0.25) is 0 Å². The number of carbonyl (C=O) groups is 1. The summed E-state index contributed by atoms with van der Waals surface area (Å²) >= 11 is 0. The topological polar surface area (TPSA) is 85.8 Å². The van der Waals surface area contributed by atoms with Crippen LogP contribution in [0.3, 0.4) is 0 Å². The summed E-state index contributed by atoms with van der Waals surface area (Å²) in [5, 5.41) is 6.66. The van der Waals surface area contributed by atoms with Gasteiger partial charge in [-0.2, -0.15) is 0 Å². The summed E-state index contributed by atoms with van der Waals surface area (Å²) in [5.41, 5.74) is 0. The Morgan fingerprint density at radius 2 is 1.96 bits per heavy atom. The third-order valence-electron chi connectivity index (χ3n) is 4.84. The first-order chi connectivity index (χ1) is 12.7. The lowest BCUT2D eigenvalue weighted by molar-refractivity contribution is -0.131. The minimum absolute atomic E-state index is 0.165. The Bertz CT molecular complexity index is 613. The van der Waals surface area contributed by atoms with Gasteiger partial charge in [-0.1, -0.05) is 6.92 Å². The van der Waals surface area contributed by atoms with Crippen molar-refractivity contribution in [3.8, 4) is 0 Å². The Labute approximate surface area is 155 Å². The second-order valence-corrected chi connectivity index (χ2v) is 6.89. The van der Waals surface area contributed by atoms with Gasteiger partial charge in [-0.05, 0) is 25.3 Å². The molecule has 2 fully saturated rings. The maximum Gasteiger partial charge on any atom is 0.225 e.